The van der Waals surface area contributed by atoms with Crippen LogP contribution < -0.4 is 16.3 Å². The molecule has 5 N–H and O–H groups in total. The Kier molecular flexibility index (Phi) is 34.9. The zero-order valence-corrected chi connectivity index (χ0v) is 39.9. The molecule has 0 heterocycles. The van der Waals surface area contributed by atoms with Crippen molar-refractivity contribution in [3.05, 3.63) is 154 Å². The van der Waals surface area contributed by atoms with E-state index in [0.29, 0.717) is 26.1 Å². The second kappa shape index (κ2) is 37.5. The molecule has 0 radical (unpaired) electrons. The van der Waals surface area contributed by atoms with Crippen molar-refractivity contribution in [1.82, 2.24) is 4.84 Å². The Bertz CT molecular complexity index is 1690. The van der Waals surface area contributed by atoms with E-state index in [4.69, 9.17) is 32.7 Å². The predicted octanol–water partition coefficient (Wildman–Crippen LogP) is 13.0. The van der Waals surface area contributed by atoms with E-state index in [-0.39, 0.29) is 24.5 Å². The molecule has 2 unspecified atom stereocenters. The number of allylic oxidation sites excluding steroid dienone is 24. The Balaban J connectivity index is 4.69. The molecule has 0 aromatic carbocycles. The molecule has 0 bridgehead atoms. The van der Waals surface area contributed by atoms with Gasteiger partial charge < -0.3 is 20.9 Å². The molecule has 0 aliphatic rings. The molecule has 0 aliphatic heterocycles. The molecule has 0 amide bonds. The van der Waals surface area contributed by atoms with Crippen molar-refractivity contribution < 1.29 is 19.1 Å². The fraction of sp³-hybridized carbons (Fsp3) is 0.472. The standard InChI is InChI=1S/C53H80ClN3O4/c1-42(24-16-26-44(3)28-18-30-46(5)32-20-34-48(7)40-60-52(58)50(9)36-12-14-38-55)22-10-11-23-43(2)25-17-27-45(4)29-19-31-47(6)33-21-35-49(8)41-61-53(59)51(57-54)37-13-15-39-56/h10-11,16-19,22-31,34-35,50-51,57H,12-15,20-21,32-33,36-41,55-56H2,1-9H3/b11-10+,24-16+,25-17+,28-18+,29-19+,42-22+,43-23+,44-26+,45-27+,46-30+,47-31+,48-34+,49-35+. The van der Waals surface area contributed by atoms with Gasteiger partial charge in [0.15, 0.2) is 0 Å². The summed E-state index contributed by atoms with van der Waals surface area (Å²) in [5.74, 6) is -0.538. The lowest BCUT2D eigenvalue weighted by atomic mass is 10.0. The van der Waals surface area contributed by atoms with Gasteiger partial charge in [0.1, 0.15) is 19.3 Å². The molecule has 0 aliphatic carbocycles. The van der Waals surface area contributed by atoms with Gasteiger partial charge in [0.2, 0.25) is 0 Å². The quantitative estimate of drug-likeness (QED) is 0.0209. The van der Waals surface area contributed by atoms with Crippen LogP contribution in [0.1, 0.15) is 127 Å². The van der Waals surface area contributed by atoms with Crippen LogP contribution in [-0.2, 0) is 19.1 Å². The van der Waals surface area contributed by atoms with E-state index in [2.05, 4.69) is 156 Å². The summed E-state index contributed by atoms with van der Waals surface area (Å²) in [5, 5.41) is 0. The van der Waals surface area contributed by atoms with Gasteiger partial charge in [0.05, 0.1) is 5.92 Å². The van der Waals surface area contributed by atoms with Gasteiger partial charge in [-0.05, 0) is 149 Å². The topological polar surface area (TPSA) is 117 Å². The fourth-order valence-corrected chi connectivity index (χ4v) is 5.68. The highest BCUT2D eigenvalue weighted by atomic mass is 35.5. The van der Waals surface area contributed by atoms with Crippen LogP contribution in [0, 0.1) is 5.92 Å². The number of halogens is 1. The minimum atomic E-state index is -0.512. The third-order valence-electron chi connectivity index (χ3n) is 9.55. The maximum atomic E-state index is 12.3. The molecule has 7 nitrogen and oxygen atoms in total. The highest BCUT2D eigenvalue weighted by Crippen LogP contribution is 2.13. The molecule has 338 valence electrons. The molecule has 61 heavy (non-hydrogen) atoms. The van der Waals surface area contributed by atoms with Crippen LogP contribution in [0.4, 0.5) is 0 Å². The molecule has 0 saturated carbocycles. The fourth-order valence-electron chi connectivity index (χ4n) is 5.48. The Morgan fingerprint density at radius 1 is 0.525 bits per heavy atom. The van der Waals surface area contributed by atoms with E-state index in [9.17, 15) is 9.59 Å². The van der Waals surface area contributed by atoms with Gasteiger partial charge in [0, 0.05) is 0 Å². The van der Waals surface area contributed by atoms with Crippen LogP contribution in [0.25, 0.3) is 0 Å². The van der Waals surface area contributed by atoms with Gasteiger partial charge in [-0.25, -0.2) is 4.84 Å². The van der Waals surface area contributed by atoms with Gasteiger partial charge in [-0.3, -0.25) is 9.59 Å². The third-order valence-corrected chi connectivity index (χ3v) is 9.81. The molecule has 0 saturated heterocycles. The van der Waals surface area contributed by atoms with Crippen LogP contribution in [0.5, 0.6) is 0 Å². The largest absolute Gasteiger partial charge is 0.461 e. The molecule has 8 heteroatoms. The zero-order chi connectivity index (χ0) is 45.7. The summed E-state index contributed by atoms with van der Waals surface area (Å²) in [5.41, 5.74) is 20.4. The smallest absolute Gasteiger partial charge is 0.324 e. The number of unbranched alkanes of at least 4 members (excludes halogenated alkanes) is 2. The van der Waals surface area contributed by atoms with Crippen LogP contribution in [0.3, 0.4) is 0 Å². The number of rotatable bonds is 31. The predicted molar refractivity (Wildman–Crippen MR) is 264 cm³/mol. The molecule has 2 atom stereocenters. The monoisotopic (exact) mass is 858 g/mol. The van der Waals surface area contributed by atoms with Gasteiger partial charge in [-0.2, -0.15) is 0 Å². The minimum absolute atomic E-state index is 0.0800. The average Bonchev–Trinajstić information content (AvgIpc) is 3.22. The number of carbonyl (C=O) groups excluding carboxylic acids is 2. The SMILES string of the molecule is CC(/C=C/C=C(C)/C=C/C=C(\C)CC/C=C(\C)COC(=O)C(C)CCCCN)=C\C=C\C=C(C)\C=C\C=C(C)\C=C\C=C(/C)CC/C=C(\C)COC(=O)C(CCCCN)NCl. The zero-order valence-electron chi connectivity index (χ0n) is 39.1. The van der Waals surface area contributed by atoms with Gasteiger partial charge in [0.25, 0.3) is 0 Å². The highest BCUT2D eigenvalue weighted by molar-refractivity contribution is 6.14. The minimum Gasteiger partial charge on any atom is -0.461 e. The van der Waals surface area contributed by atoms with Crippen molar-refractivity contribution in [3.8, 4) is 0 Å². The van der Waals surface area contributed by atoms with Gasteiger partial charge >= 0.3 is 11.9 Å². The normalized spacial score (nSPS) is 15.7. The van der Waals surface area contributed by atoms with Crippen LogP contribution in [0.2, 0.25) is 0 Å². The van der Waals surface area contributed by atoms with E-state index in [0.717, 1.165) is 80.1 Å². The van der Waals surface area contributed by atoms with Crippen LogP contribution in [0.15, 0.2) is 154 Å². The lowest BCUT2D eigenvalue weighted by Gasteiger charge is -2.14. The maximum Gasteiger partial charge on any atom is 0.324 e. The number of esters is 2. The Labute approximate surface area is 376 Å². The third kappa shape index (κ3) is 34.1. The Hall–Kier alpha value is -4.27. The highest BCUT2D eigenvalue weighted by Gasteiger charge is 2.18. The summed E-state index contributed by atoms with van der Waals surface area (Å²) in [6, 6.07) is -0.512. The first kappa shape index (κ1) is 56.7. The Morgan fingerprint density at radius 2 is 0.902 bits per heavy atom. The first-order valence-electron chi connectivity index (χ1n) is 22.0. The number of ether oxygens (including phenoxy) is 2. The first-order valence-corrected chi connectivity index (χ1v) is 22.4. The van der Waals surface area contributed by atoms with E-state index >= 15 is 0 Å². The summed E-state index contributed by atoms with van der Waals surface area (Å²) in [4.78, 5) is 27.0. The number of nitrogens with two attached hydrogens (primary N) is 2. The van der Waals surface area contributed by atoms with Crippen molar-refractivity contribution in [2.24, 2.45) is 17.4 Å². The summed E-state index contributed by atoms with van der Waals surface area (Å²) >= 11 is 5.73. The molecular weight excluding hydrogens is 778 g/mol. The first-order chi connectivity index (χ1) is 29.2. The van der Waals surface area contributed by atoms with Crippen molar-refractivity contribution in [3.63, 3.8) is 0 Å². The molecule has 0 fully saturated rings. The van der Waals surface area contributed by atoms with Crippen molar-refractivity contribution in [2.45, 2.75) is 133 Å². The van der Waals surface area contributed by atoms with Crippen molar-refractivity contribution in [1.29, 1.82) is 0 Å². The number of hydrogen-bond acceptors (Lipinski definition) is 7. The van der Waals surface area contributed by atoms with Gasteiger partial charge in [-0.1, -0.05) is 156 Å². The van der Waals surface area contributed by atoms with Gasteiger partial charge in [-0.15, -0.1) is 0 Å². The van der Waals surface area contributed by atoms with Crippen LogP contribution in [-0.4, -0.2) is 44.3 Å². The summed E-state index contributed by atoms with van der Waals surface area (Å²) in [7, 11) is 0. The molecule has 0 aromatic heterocycles. The molecule has 0 rings (SSSR count). The molecule has 0 spiro atoms. The number of nitrogens with one attached hydrogen (secondary N) is 1. The van der Waals surface area contributed by atoms with E-state index in [1.807, 2.05) is 20.8 Å². The summed E-state index contributed by atoms with van der Waals surface area (Å²) in [6.07, 6.45) is 46.6. The summed E-state index contributed by atoms with van der Waals surface area (Å²) in [6.45, 7) is 20.4. The molecule has 0 aromatic rings. The lowest BCUT2D eigenvalue weighted by Crippen LogP contribution is -2.33. The lowest BCUT2D eigenvalue weighted by molar-refractivity contribution is -0.147. The maximum absolute atomic E-state index is 12.3. The number of hydrogen-bond donors (Lipinski definition) is 3. The van der Waals surface area contributed by atoms with Crippen molar-refractivity contribution in [2.75, 3.05) is 26.3 Å². The summed E-state index contributed by atoms with van der Waals surface area (Å²) < 4.78 is 10.9. The average molecular weight is 859 g/mol. The second-order valence-electron chi connectivity index (χ2n) is 16.0. The van der Waals surface area contributed by atoms with Crippen molar-refractivity contribution >= 4 is 23.7 Å². The second-order valence-corrected chi connectivity index (χ2v) is 16.2. The molecular formula is C53H80ClN3O4. The van der Waals surface area contributed by atoms with E-state index in [1.54, 1.807) is 0 Å². The number of carbonyl (C=O) groups is 2. The Morgan fingerprint density at radius 3 is 1.31 bits per heavy atom. The van der Waals surface area contributed by atoms with Crippen LogP contribution >= 0.6 is 11.8 Å². The van der Waals surface area contributed by atoms with E-state index in [1.165, 1.54) is 22.3 Å². The van der Waals surface area contributed by atoms with E-state index < -0.39 is 6.04 Å².